The van der Waals surface area contributed by atoms with Crippen LogP contribution in [0.25, 0.3) is 6.08 Å². The van der Waals surface area contributed by atoms with Crippen molar-refractivity contribution in [3.8, 4) is 0 Å². The number of carbonyl (C=O) groups excluding carboxylic acids is 1. The summed E-state index contributed by atoms with van der Waals surface area (Å²) in [5, 5.41) is 2.91. The fourth-order valence-corrected chi connectivity index (χ4v) is 4.10. The number of alkyl halides is 3. The molecule has 3 aromatic carbocycles. The predicted molar refractivity (Wildman–Crippen MR) is 123 cm³/mol. The Hall–Kier alpha value is -3.30. The van der Waals surface area contributed by atoms with E-state index in [1.165, 1.54) is 42.5 Å². The quantitative estimate of drug-likeness (QED) is 0.405. The number of hydrogen-bond donors (Lipinski definition) is 2. The SMILES string of the molecule is Cc1ccc(S(=O)(=O)Nc2cccc(Cl)c2)cc1NC(=O)C=Cc1cccc(C(F)(F)F)c1. The lowest BCUT2D eigenvalue weighted by atomic mass is 10.1. The van der Waals surface area contributed by atoms with Crippen molar-refractivity contribution in [3.05, 3.63) is 94.5 Å². The number of benzene rings is 3. The summed E-state index contributed by atoms with van der Waals surface area (Å²) in [6, 6.07) is 14.9. The zero-order chi connectivity index (χ0) is 24.2. The number of anilines is 2. The van der Waals surface area contributed by atoms with Gasteiger partial charge in [0.05, 0.1) is 16.1 Å². The van der Waals surface area contributed by atoms with Crippen molar-refractivity contribution < 1.29 is 26.4 Å². The van der Waals surface area contributed by atoms with Gasteiger partial charge in [-0.05, 0) is 66.6 Å². The normalized spacial score (nSPS) is 12.0. The lowest BCUT2D eigenvalue weighted by molar-refractivity contribution is -0.137. The number of nitrogens with one attached hydrogen (secondary N) is 2. The Balaban J connectivity index is 1.77. The molecule has 3 aromatic rings. The van der Waals surface area contributed by atoms with E-state index in [1.54, 1.807) is 25.1 Å². The summed E-state index contributed by atoms with van der Waals surface area (Å²) in [7, 11) is -3.96. The largest absolute Gasteiger partial charge is 0.416 e. The zero-order valence-corrected chi connectivity index (χ0v) is 18.7. The van der Waals surface area contributed by atoms with Crippen LogP contribution in [-0.2, 0) is 21.0 Å². The smallest absolute Gasteiger partial charge is 0.322 e. The Morgan fingerprint density at radius 2 is 1.73 bits per heavy atom. The summed E-state index contributed by atoms with van der Waals surface area (Å²) in [6.45, 7) is 1.67. The van der Waals surface area contributed by atoms with Crippen molar-refractivity contribution in [2.75, 3.05) is 10.0 Å². The summed E-state index contributed by atoms with van der Waals surface area (Å²) < 4.78 is 66.3. The molecule has 0 radical (unpaired) electrons. The molecule has 10 heteroatoms. The highest BCUT2D eigenvalue weighted by atomic mass is 35.5. The van der Waals surface area contributed by atoms with Gasteiger partial charge in [0.1, 0.15) is 0 Å². The third-order valence-electron chi connectivity index (χ3n) is 4.50. The summed E-state index contributed by atoms with van der Waals surface area (Å²) in [4.78, 5) is 12.2. The number of sulfonamides is 1. The van der Waals surface area contributed by atoms with Gasteiger partial charge in [0.25, 0.3) is 10.0 Å². The highest BCUT2D eigenvalue weighted by molar-refractivity contribution is 7.92. The van der Waals surface area contributed by atoms with Crippen LogP contribution < -0.4 is 10.0 Å². The second kappa shape index (κ2) is 9.68. The Kier molecular flexibility index (Phi) is 7.14. The molecular weight excluding hydrogens is 477 g/mol. The molecule has 0 saturated carbocycles. The minimum Gasteiger partial charge on any atom is -0.322 e. The van der Waals surface area contributed by atoms with Gasteiger partial charge < -0.3 is 5.32 Å². The molecule has 0 aromatic heterocycles. The summed E-state index contributed by atoms with van der Waals surface area (Å²) >= 11 is 5.88. The second-order valence-corrected chi connectivity index (χ2v) is 9.16. The van der Waals surface area contributed by atoms with Gasteiger partial charge >= 0.3 is 6.18 Å². The lowest BCUT2D eigenvalue weighted by Crippen LogP contribution is -2.14. The molecule has 1 amide bonds. The fraction of sp³-hybridized carbons (Fsp3) is 0.0870. The first-order chi connectivity index (χ1) is 15.4. The lowest BCUT2D eigenvalue weighted by Gasteiger charge is -2.12. The van der Waals surface area contributed by atoms with E-state index in [9.17, 15) is 26.4 Å². The van der Waals surface area contributed by atoms with E-state index in [1.807, 2.05) is 0 Å². The maximum absolute atomic E-state index is 12.8. The van der Waals surface area contributed by atoms with Crippen LogP contribution >= 0.6 is 11.6 Å². The van der Waals surface area contributed by atoms with Crippen molar-refractivity contribution in [1.29, 1.82) is 0 Å². The van der Waals surface area contributed by atoms with E-state index < -0.39 is 27.7 Å². The molecule has 0 aliphatic heterocycles. The molecule has 0 unspecified atom stereocenters. The molecule has 0 saturated heterocycles. The minimum atomic E-state index is -4.49. The number of halogens is 4. The number of aryl methyl sites for hydroxylation is 1. The topological polar surface area (TPSA) is 75.3 Å². The molecule has 0 atom stereocenters. The molecule has 0 bridgehead atoms. The van der Waals surface area contributed by atoms with E-state index in [2.05, 4.69) is 10.0 Å². The Morgan fingerprint density at radius 3 is 2.42 bits per heavy atom. The predicted octanol–water partition coefficient (Wildman–Crippen LogP) is 6.12. The minimum absolute atomic E-state index is 0.0924. The summed E-state index contributed by atoms with van der Waals surface area (Å²) in [5.74, 6) is -0.632. The molecule has 0 heterocycles. The molecule has 3 rings (SSSR count). The highest BCUT2D eigenvalue weighted by Crippen LogP contribution is 2.30. The van der Waals surface area contributed by atoms with Crippen LogP contribution in [0.2, 0.25) is 5.02 Å². The number of rotatable bonds is 6. The molecule has 0 aliphatic rings. The van der Waals surface area contributed by atoms with Crippen molar-refractivity contribution in [1.82, 2.24) is 0 Å². The van der Waals surface area contributed by atoms with Crippen LogP contribution in [0.15, 0.2) is 77.7 Å². The molecule has 0 spiro atoms. The Bertz CT molecular complexity index is 1320. The molecular formula is C23H18ClF3N2O3S. The zero-order valence-electron chi connectivity index (χ0n) is 17.2. The van der Waals surface area contributed by atoms with E-state index in [0.717, 1.165) is 18.2 Å². The number of carbonyl (C=O) groups is 1. The van der Waals surface area contributed by atoms with Crippen LogP contribution in [0, 0.1) is 6.92 Å². The average Bonchev–Trinajstić information content (AvgIpc) is 2.73. The molecule has 0 fully saturated rings. The van der Waals surface area contributed by atoms with Crippen molar-refractivity contribution in [2.24, 2.45) is 0 Å². The molecule has 33 heavy (non-hydrogen) atoms. The van der Waals surface area contributed by atoms with Gasteiger partial charge in [0.2, 0.25) is 5.91 Å². The van der Waals surface area contributed by atoms with Gasteiger partial charge in [-0.15, -0.1) is 0 Å². The van der Waals surface area contributed by atoms with Gasteiger partial charge in [-0.25, -0.2) is 8.42 Å². The second-order valence-electron chi connectivity index (χ2n) is 7.04. The Morgan fingerprint density at radius 1 is 1.00 bits per heavy atom. The first-order valence-electron chi connectivity index (χ1n) is 9.49. The van der Waals surface area contributed by atoms with E-state index in [4.69, 9.17) is 11.6 Å². The standard InChI is InChI=1S/C23H18ClF3N2O3S/c1-15-8-10-20(33(31,32)29-19-7-3-6-18(24)13-19)14-21(15)28-22(30)11-9-16-4-2-5-17(12-16)23(25,26)27/h2-14,29H,1H3,(H,28,30). The van der Waals surface area contributed by atoms with Crippen LogP contribution in [0.1, 0.15) is 16.7 Å². The van der Waals surface area contributed by atoms with E-state index >= 15 is 0 Å². The van der Waals surface area contributed by atoms with Crippen molar-refractivity contribution in [2.45, 2.75) is 18.0 Å². The van der Waals surface area contributed by atoms with Gasteiger partial charge in [0, 0.05) is 16.8 Å². The van der Waals surface area contributed by atoms with Crippen molar-refractivity contribution >= 4 is 45.0 Å². The number of hydrogen-bond acceptors (Lipinski definition) is 3. The summed E-state index contributed by atoms with van der Waals surface area (Å²) in [5.41, 5.74) is 0.475. The van der Waals surface area contributed by atoms with Crippen LogP contribution in [0.3, 0.4) is 0 Å². The highest BCUT2D eigenvalue weighted by Gasteiger charge is 2.30. The van der Waals surface area contributed by atoms with Gasteiger partial charge in [-0.3, -0.25) is 9.52 Å². The van der Waals surface area contributed by atoms with Gasteiger partial charge in [0.15, 0.2) is 0 Å². The first kappa shape index (κ1) is 24.3. The van der Waals surface area contributed by atoms with Gasteiger partial charge in [-0.1, -0.05) is 35.9 Å². The maximum atomic E-state index is 12.8. The molecule has 5 nitrogen and oxygen atoms in total. The van der Waals surface area contributed by atoms with Crippen molar-refractivity contribution in [3.63, 3.8) is 0 Å². The monoisotopic (exact) mass is 494 g/mol. The Labute approximate surface area is 194 Å². The number of amides is 1. The molecule has 0 aliphatic carbocycles. The van der Waals surface area contributed by atoms with E-state index in [0.29, 0.717) is 10.6 Å². The molecule has 2 N–H and O–H groups in total. The van der Waals surface area contributed by atoms with Crippen LogP contribution in [0.4, 0.5) is 24.5 Å². The van der Waals surface area contributed by atoms with Crippen LogP contribution in [-0.4, -0.2) is 14.3 Å². The average molecular weight is 495 g/mol. The van der Waals surface area contributed by atoms with Crippen LogP contribution in [0.5, 0.6) is 0 Å². The summed E-state index contributed by atoms with van der Waals surface area (Å²) in [6.07, 6.45) is -2.18. The molecule has 172 valence electrons. The van der Waals surface area contributed by atoms with E-state index in [-0.39, 0.29) is 21.8 Å². The van der Waals surface area contributed by atoms with Gasteiger partial charge in [-0.2, -0.15) is 13.2 Å². The third-order valence-corrected chi connectivity index (χ3v) is 6.11. The fourth-order valence-electron chi connectivity index (χ4n) is 2.83. The first-order valence-corrected chi connectivity index (χ1v) is 11.4. The third kappa shape index (κ3) is 6.59. The maximum Gasteiger partial charge on any atom is 0.416 e.